The Morgan fingerprint density at radius 2 is 1.69 bits per heavy atom. The minimum Gasteiger partial charge on any atom is -0.492 e. The number of benzene rings is 3. The van der Waals surface area contributed by atoms with Gasteiger partial charge < -0.3 is 34.9 Å². The van der Waals surface area contributed by atoms with Crippen LogP contribution in [0.3, 0.4) is 0 Å². The lowest BCUT2D eigenvalue weighted by Gasteiger charge is -2.24. The van der Waals surface area contributed by atoms with E-state index in [1.54, 1.807) is 30.5 Å². The standard InChI is InChI=1S/C33H38N6O6/c1-33(2,3)20-17-25(29(42-4)26(18-20)38-32(41)43-5)37-31(40)36-24-12-13-27(23-11-7-6-10-22(23)24)45-28-14-15-34-30(39-28)35-19-21-9-8-16-44-21/h6-7,10-15,17-18,21H,8-9,16,19H2,1-5H3,(H,38,41)(H,34,35,39)(H2,36,37,40). The second-order valence-corrected chi connectivity index (χ2v) is 11.5. The summed E-state index contributed by atoms with van der Waals surface area (Å²) in [6.45, 7) is 7.50. The number of methoxy groups -OCH3 is 2. The summed E-state index contributed by atoms with van der Waals surface area (Å²) in [4.78, 5) is 34.2. The van der Waals surface area contributed by atoms with Crippen molar-refractivity contribution in [2.75, 3.05) is 48.6 Å². The summed E-state index contributed by atoms with van der Waals surface area (Å²) >= 11 is 0. The first kappa shape index (κ1) is 31.3. The lowest BCUT2D eigenvalue weighted by Crippen LogP contribution is -2.22. The molecule has 45 heavy (non-hydrogen) atoms. The molecular formula is C33H38N6O6. The molecule has 0 radical (unpaired) electrons. The summed E-state index contributed by atoms with van der Waals surface area (Å²) in [5, 5.41) is 13.2. The van der Waals surface area contributed by atoms with Crippen LogP contribution in [0, 0.1) is 0 Å². The number of rotatable bonds is 9. The van der Waals surface area contributed by atoms with Crippen molar-refractivity contribution >= 4 is 45.9 Å². The molecule has 1 aromatic heterocycles. The van der Waals surface area contributed by atoms with Gasteiger partial charge in [0.1, 0.15) is 5.75 Å². The molecule has 2 heterocycles. The number of carbonyl (C=O) groups is 2. The van der Waals surface area contributed by atoms with Gasteiger partial charge in [0.2, 0.25) is 11.8 Å². The first-order chi connectivity index (χ1) is 21.6. The normalized spacial score (nSPS) is 14.5. The zero-order valence-electron chi connectivity index (χ0n) is 26.0. The van der Waals surface area contributed by atoms with Crippen LogP contribution in [0.4, 0.5) is 32.6 Å². The van der Waals surface area contributed by atoms with Crippen LogP contribution in [0.5, 0.6) is 17.4 Å². The number of amides is 3. The molecule has 0 saturated carbocycles. The highest BCUT2D eigenvalue weighted by molar-refractivity contribution is 6.08. The van der Waals surface area contributed by atoms with Crippen LogP contribution >= 0.6 is 0 Å². The van der Waals surface area contributed by atoms with E-state index < -0.39 is 12.1 Å². The van der Waals surface area contributed by atoms with E-state index in [0.29, 0.717) is 41.2 Å². The summed E-state index contributed by atoms with van der Waals surface area (Å²) in [6.07, 6.45) is 3.21. The number of aromatic nitrogens is 2. The Labute approximate surface area is 261 Å². The topological polar surface area (TPSA) is 145 Å². The molecule has 4 aromatic rings. The molecule has 0 spiro atoms. The molecule has 3 amide bonds. The van der Waals surface area contributed by atoms with Crippen LogP contribution in [0.15, 0.2) is 60.8 Å². The van der Waals surface area contributed by atoms with Gasteiger partial charge in [0.15, 0.2) is 5.75 Å². The van der Waals surface area contributed by atoms with E-state index in [-0.39, 0.29) is 17.3 Å². The van der Waals surface area contributed by atoms with Crippen LogP contribution < -0.4 is 30.7 Å². The number of nitrogens with one attached hydrogen (secondary N) is 4. The van der Waals surface area contributed by atoms with Crippen molar-refractivity contribution in [2.45, 2.75) is 45.1 Å². The third-order valence-electron chi connectivity index (χ3n) is 7.32. The van der Waals surface area contributed by atoms with E-state index in [4.69, 9.17) is 18.9 Å². The van der Waals surface area contributed by atoms with Crippen molar-refractivity contribution in [1.29, 1.82) is 0 Å². The quantitative estimate of drug-likeness (QED) is 0.155. The number of fused-ring (bicyclic) bond motifs is 1. The fourth-order valence-electron chi connectivity index (χ4n) is 4.98. The van der Waals surface area contributed by atoms with Gasteiger partial charge in [-0.1, -0.05) is 45.0 Å². The molecule has 1 aliphatic heterocycles. The number of ether oxygens (including phenoxy) is 4. The number of carbonyl (C=O) groups excluding carboxylic acids is 2. The maximum atomic E-state index is 13.4. The van der Waals surface area contributed by atoms with Crippen LogP contribution in [0.1, 0.15) is 39.2 Å². The van der Waals surface area contributed by atoms with Gasteiger partial charge in [-0.25, -0.2) is 14.6 Å². The van der Waals surface area contributed by atoms with E-state index in [1.165, 1.54) is 14.2 Å². The summed E-state index contributed by atoms with van der Waals surface area (Å²) in [7, 11) is 2.74. The fraction of sp³-hybridized carbons (Fsp3) is 0.333. The molecule has 236 valence electrons. The highest BCUT2D eigenvalue weighted by atomic mass is 16.5. The first-order valence-electron chi connectivity index (χ1n) is 14.7. The largest absolute Gasteiger partial charge is 0.492 e. The van der Waals surface area contributed by atoms with Gasteiger partial charge >= 0.3 is 12.1 Å². The van der Waals surface area contributed by atoms with Gasteiger partial charge in [-0.15, -0.1) is 0 Å². The van der Waals surface area contributed by atoms with Gasteiger partial charge in [-0.05, 0) is 48.1 Å². The van der Waals surface area contributed by atoms with E-state index in [9.17, 15) is 9.59 Å². The second-order valence-electron chi connectivity index (χ2n) is 11.5. The molecule has 12 heteroatoms. The average Bonchev–Trinajstić information content (AvgIpc) is 3.55. The molecule has 1 atom stereocenters. The van der Waals surface area contributed by atoms with Gasteiger partial charge in [-0.2, -0.15) is 4.98 Å². The van der Waals surface area contributed by atoms with Crippen molar-refractivity contribution in [3.63, 3.8) is 0 Å². The van der Waals surface area contributed by atoms with Crippen LogP contribution in [-0.4, -0.2) is 55.6 Å². The minimum atomic E-state index is -0.656. The highest BCUT2D eigenvalue weighted by Crippen LogP contribution is 2.39. The Morgan fingerprint density at radius 1 is 0.956 bits per heavy atom. The van der Waals surface area contributed by atoms with Gasteiger partial charge in [-0.3, -0.25) is 5.32 Å². The number of nitrogens with zero attached hydrogens (tertiary/aromatic N) is 2. The minimum absolute atomic E-state index is 0.154. The zero-order chi connectivity index (χ0) is 32.0. The van der Waals surface area contributed by atoms with E-state index in [0.717, 1.165) is 35.8 Å². The molecule has 5 rings (SSSR count). The number of hydrogen-bond acceptors (Lipinski definition) is 9. The van der Waals surface area contributed by atoms with Gasteiger partial charge in [0.25, 0.3) is 0 Å². The fourth-order valence-corrected chi connectivity index (χ4v) is 4.98. The molecular weight excluding hydrogens is 576 g/mol. The van der Waals surface area contributed by atoms with Crippen molar-refractivity contribution in [2.24, 2.45) is 0 Å². The van der Waals surface area contributed by atoms with Crippen molar-refractivity contribution < 1.29 is 28.5 Å². The number of hydrogen-bond donors (Lipinski definition) is 4. The molecule has 4 N–H and O–H groups in total. The summed E-state index contributed by atoms with van der Waals surface area (Å²) in [6, 6.07) is 15.9. The molecule has 3 aromatic carbocycles. The Morgan fingerprint density at radius 3 is 2.38 bits per heavy atom. The zero-order valence-corrected chi connectivity index (χ0v) is 26.0. The number of urea groups is 1. The average molecular weight is 615 g/mol. The van der Waals surface area contributed by atoms with E-state index >= 15 is 0 Å². The number of anilines is 4. The molecule has 12 nitrogen and oxygen atoms in total. The third kappa shape index (κ3) is 7.71. The van der Waals surface area contributed by atoms with Gasteiger partial charge in [0.05, 0.1) is 37.4 Å². The lowest BCUT2D eigenvalue weighted by atomic mass is 9.86. The van der Waals surface area contributed by atoms with Crippen molar-refractivity contribution in [3.05, 3.63) is 66.4 Å². The van der Waals surface area contributed by atoms with E-state index in [1.807, 2.05) is 51.1 Å². The Hall–Kier alpha value is -5.10. The Kier molecular flexibility index (Phi) is 9.53. The molecule has 1 aliphatic rings. The Bertz CT molecular complexity index is 1680. The predicted octanol–water partition coefficient (Wildman–Crippen LogP) is 7.14. The summed E-state index contributed by atoms with van der Waals surface area (Å²) in [5.74, 6) is 1.69. The van der Waals surface area contributed by atoms with Crippen LogP contribution in [0.25, 0.3) is 10.8 Å². The SMILES string of the molecule is COC(=O)Nc1cc(C(C)(C)C)cc(NC(=O)Nc2ccc(Oc3ccnc(NCC4CCCO4)n3)c3ccccc23)c1OC. The first-order valence-corrected chi connectivity index (χ1v) is 14.7. The van der Waals surface area contributed by atoms with Gasteiger partial charge in [0, 0.05) is 36.2 Å². The van der Waals surface area contributed by atoms with Crippen molar-refractivity contribution in [1.82, 2.24) is 9.97 Å². The van der Waals surface area contributed by atoms with Crippen LogP contribution in [-0.2, 0) is 14.9 Å². The maximum absolute atomic E-state index is 13.4. The third-order valence-corrected chi connectivity index (χ3v) is 7.32. The monoisotopic (exact) mass is 614 g/mol. The predicted molar refractivity (Wildman–Crippen MR) is 174 cm³/mol. The lowest BCUT2D eigenvalue weighted by molar-refractivity contribution is 0.120. The molecule has 1 unspecified atom stereocenters. The van der Waals surface area contributed by atoms with Crippen LogP contribution in [0.2, 0.25) is 0 Å². The molecule has 1 saturated heterocycles. The maximum Gasteiger partial charge on any atom is 0.411 e. The molecule has 1 fully saturated rings. The molecule has 0 aliphatic carbocycles. The molecule has 0 bridgehead atoms. The second kappa shape index (κ2) is 13.7. The highest BCUT2D eigenvalue weighted by Gasteiger charge is 2.22. The Balaban J connectivity index is 1.36. The summed E-state index contributed by atoms with van der Waals surface area (Å²) in [5.41, 5.74) is 1.89. The van der Waals surface area contributed by atoms with Crippen molar-refractivity contribution in [3.8, 4) is 17.4 Å². The smallest absolute Gasteiger partial charge is 0.411 e. The summed E-state index contributed by atoms with van der Waals surface area (Å²) < 4.78 is 22.2. The van der Waals surface area contributed by atoms with E-state index in [2.05, 4.69) is 31.2 Å².